The Hall–Kier alpha value is -4.19. The number of amides is 1. The Labute approximate surface area is 172 Å². The Morgan fingerprint density at radius 2 is 1.80 bits per heavy atom. The Balaban J connectivity index is 1.47. The fourth-order valence-electron chi connectivity index (χ4n) is 3.39. The van der Waals surface area contributed by atoms with Gasteiger partial charge in [0.15, 0.2) is 11.2 Å². The summed E-state index contributed by atoms with van der Waals surface area (Å²) in [5.74, 6) is 0.712. The highest BCUT2D eigenvalue weighted by Crippen LogP contribution is 2.28. The van der Waals surface area contributed by atoms with Crippen LogP contribution in [0.5, 0.6) is 5.75 Å². The molecule has 3 aromatic carbocycles. The van der Waals surface area contributed by atoms with Crippen LogP contribution in [0.15, 0.2) is 83.4 Å². The van der Waals surface area contributed by atoms with Crippen molar-refractivity contribution in [3.05, 3.63) is 84.6 Å². The first-order chi connectivity index (χ1) is 14.7. The van der Waals surface area contributed by atoms with E-state index in [4.69, 9.17) is 9.15 Å². The van der Waals surface area contributed by atoms with Gasteiger partial charge in [0.2, 0.25) is 5.89 Å². The number of hydrogen-bond acceptors (Lipinski definition) is 5. The number of pyridine rings is 1. The van der Waals surface area contributed by atoms with Crippen LogP contribution in [0.3, 0.4) is 0 Å². The average molecular weight is 395 g/mol. The number of hydrogen-bond donors (Lipinski definition) is 1. The van der Waals surface area contributed by atoms with E-state index >= 15 is 0 Å². The van der Waals surface area contributed by atoms with Crippen molar-refractivity contribution in [3.8, 4) is 17.2 Å². The van der Waals surface area contributed by atoms with E-state index < -0.39 is 0 Å². The fourth-order valence-corrected chi connectivity index (χ4v) is 3.39. The molecule has 5 rings (SSSR count). The summed E-state index contributed by atoms with van der Waals surface area (Å²) >= 11 is 0. The Morgan fingerprint density at radius 1 is 0.967 bits per heavy atom. The van der Waals surface area contributed by atoms with E-state index in [9.17, 15) is 4.79 Å². The molecule has 1 amide bonds. The summed E-state index contributed by atoms with van der Waals surface area (Å²) < 4.78 is 11.2. The van der Waals surface area contributed by atoms with E-state index in [0.29, 0.717) is 34.1 Å². The molecule has 1 N–H and O–H groups in total. The topological polar surface area (TPSA) is 77.2 Å². The maximum absolute atomic E-state index is 13.0. The highest BCUT2D eigenvalue weighted by Gasteiger charge is 2.15. The van der Waals surface area contributed by atoms with Gasteiger partial charge in [0.05, 0.1) is 12.7 Å². The largest absolute Gasteiger partial charge is 0.496 e. The van der Waals surface area contributed by atoms with Crippen LogP contribution in [-0.4, -0.2) is 23.0 Å². The number of carbonyl (C=O) groups is 1. The number of nitrogens with one attached hydrogen (secondary N) is 1. The van der Waals surface area contributed by atoms with Gasteiger partial charge in [-0.3, -0.25) is 4.79 Å². The van der Waals surface area contributed by atoms with E-state index in [-0.39, 0.29) is 5.91 Å². The third-order valence-corrected chi connectivity index (χ3v) is 4.84. The molecule has 0 radical (unpaired) electrons. The monoisotopic (exact) mass is 395 g/mol. The third kappa shape index (κ3) is 3.24. The number of aromatic nitrogens is 2. The van der Waals surface area contributed by atoms with Crippen molar-refractivity contribution in [2.24, 2.45) is 0 Å². The van der Waals surface area contributed by atoms with Crippen LogP contribution in [-0.2, 0) is 0 Å². The normalized spacial score (nSPS) is 11.0. The lowest BCUT2D eigenvalue weighted by molar-refractivity contribution is 0.102. The molecule has 2 aromatic heterocycles. The second-order valence-electron chi connectivity index (χ2n) is 6.78. The third-order valence-electron chi connectivity index (χ3n) is 4.84. The lowest BCUT2D eigenvalue weighted by Gasteiger charge is -2.11. The summed E-state index contributed by atoms with van der Waals surface area (Å²) in [7, 11) is 1.56. The average Bonchev–Trinajstić information content (AvgIpc) is 3.23. The highest BCUT2D eigenvalue weighted by atomic mass is 16.5. The van der Waals surface area contributed by atoms with Crippen molar-refractivity contribution >= 4 is 33.6 Å². The number of carbonyl (C=O) groups excluding carboxylic acids is 1. The number of anilines is 1. The number of methoxy groups -OCH3 is 1. The molecule has 6 nitrogen and oxygen atoms in total. The fraction of sp³-hybridized carbons (Fsp3) is 0.0417. The van der Waals surface area contributed by atoms with Gasteiger partial charge in [-0.05, 0) is 53.2 Å². The van der Waals surface area contributed by atoms with Crippen molar-refractivity contribution in [1.82, 2.24) is 9.97 Å². The van der Waals surface area contributed by atoms with Crippen molar-refractivity contribution in [2.45, 2.75) is 0 Å². The molecule has 0 atom stereocenters. The summed E-state index contributed by atoms with van der Waals surface area (Å²) in [6, 6.07) is 22.5. The number of oxazole rings is 1. The van der Waals surface area contributed by atoms with Gasteiger partial charge in [-0.1, -0.05) is 30.3 Å². The van der Waals surface area contributed by atoms with Crippen LogP contribution < -0.4 is 10.1 Å². The van der Waals surface area contributed by atoms with Gasteiger partial charge in [-0.25, -0.2) is 4.98 Å². The molecule has 0 spiro atoms. The Morgan fingerprint density at radius 3 is 2.60 bits per heavy atom. The van der Waals surface area contributed by atoms with Crippen molar-refractivity contribution < 1.29 is 13.9 Å². The molecule has 0 bridgehead atoms. The molecular weight excluding hydrogens is 378 g/mol. The van der Waals surface area contributed by atoms with Crippen LogP contribution >= 0.6 is 0 Å². The zero-order chi connectivity index (χ0) is 20.5. The first-order valence-electron chi connectivity index (χ1n) is 9.41. The van der Waals surface area contributed by atoms with Gasteiger partial charge in [-0.15, -0.1) is 0 Å². The van der Waals surface area contributed by atoms with E-state index in [1.807, 2.05) is 66.7 Å². The first kappa shape index (κ1) is 17.9. The molecule has 0 saturated heterocycles. The quantitative estimate of drug-likeness (QED) is 0.447. The molecule has 0 fully saturated rings. The molecule has 2 heterocycles. The van der Waals surface area contributed by atoms with Crippen LogP contribution in [0.1, 0.15) is 10.4 Å². The van der Waals surface area contributed by atoms with Crippen molar-refractivity contribution in [1.29, 1.82) is 0 Å². The molecule has 5 aromatic rings. The summed E-state index contributed by atoms with van der Waals surface area (Å²) in [5, 5.41) is 4.92. The number of nitrogens with zero attached hydrogens (tertiary/aromatic N) is 2. The smallest absolute Gasteiger partial charge is 0.259 e. The predicted octanol–water partition coefficient (Wildman–Crippen LogP) is 5.30. The molecule has 0 aliphatic heterocycles. The predicted molar refractivity (Wildman–Crippen MR) is 116 cm³/mol. The van der Waals surface area contributed by atoms with Crippen LogP contribution in [0.25, 0.3) is 33.5 Å². The highest BCUT2D eigenvalue weighted by molar-refractivity contribution is 6.08. The minimum absolute atomic E-state index is 0.256. The molecule has 0 aliphatic carbocycles. The van der Waals surface area contributed by atoms with E-state index in [0.717, 1.165) is 16.3 Å². The van der Waals surface area contributed by atoms with Crippen molar-refractivity contribution in [3.63, 3.8) is 0 Å². The standard InChI is InChI=1S/C24H17N3O3/c1-29-21-14-16-7-3-2-6-15(16)13-19(21)23(28)26-18-9-4-8-17(12-18)24-27-22-20(30-24)10-5-11-25-22/h2-14H,1H3,(H,26,28). The Kier molecular flexibility index (Phi) is 4.37. The number of benzene rings is 3. The molecule has 0 saturated carbocycles. The lowest BCUT2D eigenvalue weighted by atomic mass is 10.1. The Bertz CT molecular complexity index is 1360. The van der Waals surface area contributed by atoms with Crippen LogP contribution in [0.2, 0.25) is 0 Å². The van der Waals surface area contributed by atoms with Gasteiger partial charge in [0.1, 0.15) is 5.75 Å². The second-order valence-corrected chi connectivity index (χ2v) is 6.78. The summed E-state index contributed by atoms with van der Waals surface area (Å²) in [6.45, 7) is 0. The molecule has 0 unspecified atom stereocenters. The van der Waals surface area contributed by atoms with E-state index in [2.05, 4.69) is 15.3 Å². The summed E-state index contributed by atoms with van der Waals surface area (Å²) in [5.41, 5.74) is 3.00. The molecular formula is C24H17N3O3. The van der Waals surface area contributed by atoms with Crippen LogP contribution in [0, 0.1) is 0 Å². The summed E-state index contributed by atoms with van der Waals surface area (Å²) in [6.07, 6.45) is 1.67. The van der Waals surface area contributed by atoms with Gasteiger partial charge in [0.25, 0.3) is 5.91 Å². The minimum Gasteiger partial charge on any atom is -0.496 e. The molecule has 30 heavy (non-hydrogen) atoms. The van der Waals surface area contributed by atoms with E-state index in [1.165, 1.54) is 0 Å². The summed E-state index contributed by atoms with van der Waals surface area (Å²) in [4.78, 5) is 21.6. The number of rotatable bonds is 4. The van der Waals surface area contributed by atoms with Gasteiger partial charge in [0, 0.05) is 17.4 Å². The van der Waals surface area contributed by atoms with Gasteiger partial charge < -0.3 is 14.5 Å². The number of fused-ring (bicyclic) bond motifs is 2. The SMILES string of the molecule is COc1cc2ccccc2cc1C(=O)Nc1cccc(-c2nc3ncccc3o2)c1. The second kappa shape index (κ2) is 7.33. The van der Waals surface area contributed by atoms with Crippen molar-refractivity contribution in [2.75, 3.05) is 12.4 Å². The number of ether oxygens (including phenoxy) is 1. The van der Waals surface area contributed by atoms with E-state index in [1.54, 1.807) is 19.4 Å². The zero-order valence-electron chi connectivity index (χ0n) is 16.1. The molecule has 6 heteroatoms. The zero-order valence-corrected chi connectivity index (χ0v) is 16.1. The minimum atomic E-state index is -0.256. The maximum Gasteiger partial charge on any atom is 0.259 e. The first-order valence-corrected chi connectivity index (χ1v) is 9.41. The molecule has 146 valence electrons. The molecule has 0 aliphatic rings. The lowest BCUT2D eigenvalue weighted by Crippen LogP contribution is -2.13. The van der Waals surface area contributed by atoms with Gasteiger partial charge in [-0.2, -0.15) is 4.98 Å². The van der Waals surface area contributed by atoms with Crippen LogP contribution in [0.4, 0.5) is 5.69 Å². The maximum atomic E-state index is 13.0. The van der Waals surface area contributed by atoms with Gasteiger partial charge >= 0.3 is 0 Å².